The highest BCUT2D eigenvalue weighted by Crippen LogP contribution is 2.25. The zero-order valence-corrected chi connectivity index (χ0v) is 16.7. The van der Waals surface area contributed by atoms with Gasteiger partial charge < -0.3 is 4.74 Å². The minimum Gasteiger partial charge on any atom is -0.456 e. The molecule has 0 fully saturated rings. The normalized spacial score (nSPS) is 15.1. The molecule has 0 saturated carbocycles. The molecule has 2 aromatic rings. The summed E-state index contributed by atoms with van der Waals surface area (Å²) in [7, 11) is 0. The van der Waals surface area contributed by atoms with Gasteiger partial charge in [-0.25, -0.2) is 4.79 Å². The predicted octanol–water partition coefficient (Wildman–Crippen LogP) is 3.61. The fourth-order valence-electron chi connectivity index (χ4n) is 3.24. The Labute approximate surface area is 169 Å². The number of benzene rings is 2. The van der Waals surface area contributed by atoms with Gasteiger partial charge in [0.1, 0.15) is 6.04 Å². The quantitative estimate of drug-likeness (QED) is 0.408. The van der Waals surface area contributed by atoms with Gasteiger partial charge in [-0.15, -0.1) is 0 Å². The summed E-state index contributed by atoms with van der Waals surface area (Å²) in [5, 5.41) is 0. The Hall–Kier alpha value is -3.28. The van der Waals surface area contributed by atoms with Gasteiger partial charge in [-0.2, -0.15) is 0 Å². The number of Topliss-reactive ketones (excluding diaryl/α,β-unsaturated/α-hetero) is 1. The van der Waals surface area contributed by atoms with Crippen LogP contribution in [0.2, 0.25) is 0 Å². The van der Waals surface area contributed by atoms with E-state index in [4.69, 9.17) is 4.74 Å². The SMILES string of the molecule is CC[C@H](C)c1ccc(C(=O)COC(=O)[C@@H](C)N2C(=O)c3ccccc3C2=O)cc1. The van der Waals surface area contributed by atoms with Gasteiger partial charge in [-0.3, -0.25) is 19.3 Å². The van der Waals surface area contributed by atoms with Crippen LogP contribution in [0, 0.1) is 0 Å². The van der Waals surface area contributed by atoms with Crippen LogP contribution < -0.4 is 0 Å². The van der Waals surface area contributed by atoms with Crippen LogP contribution in [0.25, 0.3) is 0 Å². The molecule has 0 bridgehead atoms. The summed E-state index contributed by atoms with van der Waals surface area (Å²) in [5.74, 6) is -1.82. The van der Waals surface area contributed by atoms with E-state index >= 15 is 0 Å². The van der Waals surface area contributed by atoms with Gasteiger partial charge in [0.15, 0.2) is 12.4 Å². The molecule has 6 nitrogen and oxygen atoms in total. The molecule has 2 amide bonds. The second-order valence-electron chi connectivity index (χ2n) is 7.16. The van der Waals surface area contributed by atoms with E-state index in [2.05, 4.69) is 13.8 Å². The molecule has 0 saturated heterocycles. The predicted molar refractivity (Wildman–Crippen MR) is 107 cm³/mol. The first kappa shape index (κ1) is 20.5. The van der Waals surface area contributed by atoms with Crippen LogP contribution in [0.15, 0.2) is 48.5 Å². The number of amides is 2. The van der Waals surface area contributed by atoms with E-state index in [9.17, 15) is 19.2 Å². The lowest BCUT2D eigenvalue weighted by Crippen LogP contribution is -2.44. The standard InChI is InChI=1S/C23H23NO5/c1-4-14(2)16-9-11-17(12-10-16)20(25)13-29-23(28)15(3)24-21(26)18-7-5-6-8-19(18)22(24)27/h5-12,14-15H,4,13H2,1-3H3/t14-,15+/m0/s1. The maximum atomic E-state index is 12.5. The fourth-order valence-corrected chi connectivity index (χ4v) is 3.24. The van der Waals surface area contributed by atoms with Gasteiger partial charge in [0.25, 0.3) is 11.8 Å². The maximum Gasteiger partial charge on any atom is 0.329 e. The van der Waals surface area contributed by atoms with Crippen molar-refractivity contribution in [2.75, 3.05) is 6.61 Å². The first-order chi connectivity index (χ1) is 13.8. The molecule has 0 aromatic heterocycles. The van der Waals surface area contributed by atoms with Gasteiger partial charge in [-0.05, 0) is 37.0 Å². The third-order valence-electron chi connectivity index (χ3n) is 5.31. The van der Waals surface area contributed by atoms with Gasteiger partial charge in [0.05, 0.1) is 11.1 Å². The molecule has 2 aromatic carbocycles. The Kier molecular flexibility index (Phi) is 5.92. The molecular weight excluding hydrogens is 370 g/mol. The molecule has 0 spiro atoms. The van der Waals surface area contributed by atoms with Gasteiger partial charge in [0, 0.05) is 5.56 Å². The van der Waals surface area contributed by atoms with Crippen LogP contribution in [0.1, 0.15) is 69.7 Å². The number of esters is 1. The third-order valence-corrected chi connectivity index (χ3v) is 5.31. The summed E-state index contributed by atoms with van der Waals surface area (Å²) in [5.41, 5.74) is 2.10. The number of hydrogen-bond acceptors (Lipinski definition) is 5. The fraction of sp³-hybridized carbons (Fsp3) is 0.304. The van der Waals surface area contributed by atoms with Crippen LogP contribution >= 0.6 is 0 Å². The van der Waals surface area contributed by atoms with E-state index in [1.807, 2.05) is 12.1 Å². The number of rotatable bonds is 7. The number of ether oxygens (including phenoxy) is 1. The second-order valence-corrected chi connectivity index (χ2v) is 7.16. The topological polar surface area (TPSA) is 80.8 Å². The molecule has 29 heavy (non-hydrogen) atoms. The summed E-state index contributed by atoms with van der Waals surface area (Å²) in [6.07, 6.45) is 1.00. The van der Waals surface area contributed by atoms with Crippen molar-refractivity contribution in [2.24, 2.45) is 0 Å². The molecule has 1 heterocycles. The van der Waals surface area contributed by atoms with Crippen LogP contribution in [0.3, 0.4) is 0 Å². The van der Waals surface area contributed by atoms with Gasteiger partial charge in [0.2, 0.25) is 0 Å². The largest absolute Gasteiger partial charge is 0.456 e. The van der Waals surface area contributed by atoms with Gasteiger partial charge >= 0.3 is 5.97 Å². The molecule has 0 radical (unpaired) electrons. The molecule has 1 aliphatic rings. The van der Waals surface area contributed by atoms with Gasteiger partial charge in [-0.1, -0.05) is 50.2 Å². The summed E-state index contributed by atoms with van der Waals surface area (Å²) in [6.45, 7) is 5.17. The van der Waals surface area contributed by atoms with Crippen LogP contribution in [0.5, 0.6) is 0 Å². The lowest BCUT2D eigenvalue weighted by Gasteiger charge is -2.20. The zero-order chi connectivity index (χ0) is 21.1. The van der Waals surface area contributed by atoms with Crippen molar-refractivity contribution in [2.45, 2.75) is 39.2 Å². The molecule has 3 rings (SSSR count). The van der Waals surface area contributed by atoms with Crippen LogP contribution in [-0.2, 0) is 9.53 Å². The minimum atomic E-state index is -1.12. The van der Waals surface area contributed by atoms with Crippen molar-refractivity contribution in [1.29, 1.82) is 0 Å². The second kappa shape index (κ2) is 8.39. The Morgan fingerprint density at radius 1 is 0.931 bits per heavy atom. The van der Waals surface area contributed by atoms with E-state index < -0.39 is 30.4 Å². The average Bonchev–Trinajstić information content (AvgIpc) is 3.01. The summed E-state index contributed by atoms with van der Waals surface area (Å²) in [6, 6.07) is 12.5. The molecule has 1 aliphatic heterocycles. The number of nitrogens with zero attached hydrogens (tertiary/aromatic N) is 1. The molecule has 0 unspecified atom stereocenters. The minimum absolute atomic E-state index is 0.259. The number of ketones is 1. The van der Waals surface area contributed by atoms with Crippen molar-refractivity contribution in [1.82, 2.24) is 4.90 Å². The molecule has 2 atom stereocenters. The van der Waals surface area contributed by atoms with Crippen molar-refractivity contribution >= 4 is 23.6 Å². The highest BCUT2D eigenvalue weighted by atomic mass is 16.5. The summed E-state index contributed by atoms with van der Waals surface area (Å²) in [4.78, 5) is 50.5. The summed E-state index contributed by atoms with van der Waals surface area (Å²) >= 11 is 0. The monoisotopic (exact) mass is 393 g/mol. The Morgan fingerprint density at radius 2 is 1.48 bits per heavy atom. The van der Waals surface area contributed by atoms with E-state index in [0.717, 1.165) is 16.9 Å². The summed E-state index contributed by atoms with van der Waals surface area (Å²) < 4.78 is 5.09. The van der Waals surface area contributed by atoms with E-state index in [1.54, 1.807) is 36.4 Å². The third kappa shape index (κ3) is 3.97. The first-order valence-electron chi connectivity index (χ1n) is 9.61. The van der Waals surface area contributed by atoms with E-state index in [0.29, 0.717) is 11.5 Å². The molecule has 0 N–H and O–H groups in total. The number of carbonyl (C=O) groups is 4. The number of carbonyl (C=O) groups excluding carboxylic acids is 4. The smallest absolute Gasteiger partial charge is 0.329 e. The van der Waals surface area contributed by atoms with E-state index in [-0.39, 0.29) is 16.9 Å². The van der Waals surface area contributed by atoms with Crippen LogP contribution in [0.4, 0.5) is 0 Å². The molecule has 6 heteroatoms. The first-order valence-corrected chi connectivity index (χ1v) is 9.61. The number of fused-ring (bicyclic) bond motifs is 1. The van der Waals surface area contributed by atoms with Crippen molar-refractivity contribution < 1.29 is 23.9 Å². The highest BCUT2D eigenvalue weighted by molar-refractivity contribution is 6.22. The van der Waals surface area contributed by atoms with Crippen molar-refractivity contribution in [3.63, 3.8) is 0 Å². The number of hydrogen-bond donors (Lipinski definition) is 0. The lowest BCUT2D eigenvalue weighted by molar-refractivity contribution is -0.146. The molecule has 150 valence electrons. The average molecular weight is 393 g/mol. The van der Waals surface area contributed by atoms with E-state index in [1.165, 1.54) is 6.92 Å². The zero-order valence-electron chi connectivity index (χ0n) is 16.7. The Bertz CT molecular complexity index is 928. The number of imide groups is 1. The maximum absolute atomic E-state index is 12.5. The Morgan fingerprint density at radius 3 is 2.00 bits per heavy atom. The molecule has 0 aliphatic carbocycles. The van der Waals surface area contributed by atoms with Crippen molar-refractivity contribution in [3.8, 4) is 0 Å². The van der Waals surface area contributed by atoms with Crippen molar-refractivity contribution in [3.05, 3.63) is 70.8 Å². The van der Waals surface area contributed by atoms with Crippen LogP contribution in [-0.4, -0.2) is 41.1 Å². The highest BCUT2D eigenvalue weighted by Gasteiger charge is 2.41. The molecular formula is C23H23NO5. The lowest BCUT2D eigenvalue weighted by atomic mass is 9.97. The Balaban J connectivity index is 1.61.